The Labute approximate surface area is 177 Å². The van der Waals surface area contributed by atoms with Crippen LogP contribution in [0.5, 0.6) is 0 Å². The number of thioether (sulfide) groups is 1. The number of carbonyl (C=O) groups excluding carboxylic acids is 1. The summed E-state index contributed by atoms with van der Waals surface area (Å²) >= 11 is 2.92. The molecule has 6 heteroatoms. The quantitative estimate of drug-likeness (QED) is 0.304. The molecule has 3 aromatic carbocycles. The highest BCUT2D eigenvalue weighted by Crippen LogP contribution is 2.37. The van der Waals surface area contributed by atoms with E-state index in [-0.39, 0.29) is 5.91 Å². The molecule has 0 saturated heterocycles. The van der Waals surface area contributed by atoms with Crippen LogP contribution in [0.2, 0.25) is 0 Å². The molecule has 0 radical (unpaired) electrons. The number of benzene rings is 3. The molecule has 3 N–H and O–H groups in total. The summed E-state index contributed by atoms with van der Waals surface area (Å²) in [6.07, 6.45) is 0. The Morgan fingerprint density at radius 1 is 0.931 bits per heavy atom. The van der Waals surface area contributed by atoms with Crippen LogP contribution in [0, 0.1) is 0 Å². The highest BCUT2D eigenvalue weighted by atomic mass is 32.2. The van der Waals surface area contributed by atoms with Crippen LogP contribution in [-0.2, 0) is 4.79 Å². The summed E-state index contributed by atoms with van der Waals surface area (Å²) in [6, 6.07) is 27.2. The molecule has 0 spiro atoms. The third-order valence-electron chi connectivity index (χ3n) is 4.28. The molecule has 0 fully saturated rings. The molecule has 0 aliphatic rings. The van der Waals surface area contributed by atoms with Crippen molar-refractivity contribution in [2.45, 2.75) is 10.1 Å². The molecule has 1 amide bonds. The van der Waals surface area contributed by atoms with E-state index in [4.69, 9.17) is 5.73 Å². The number of carbonyl (C=O) groups is 1. The number of aromatic nitrogens is 1. The molecular weight excluding hydrogens is 398 g/mol. The van der Waals surface area contributed by atoms with E-state index in [9.17, 15) is 4.79 Å². The first-order chi connectivity index (χ1) is 14.2. The number of nitrogen functional groups attached to an aromatic ring is 1. The first kappa shape index (κ1) is 19.2. The normalized spacial score (nSPS) is 11.7. The summed E-state index contributed by atoms with van der Waals surface area (Å²) < 4.78 is 0. The minimum absolute atomic E-state index is 0.105. The van der Waals surface area contributed by atoms with E-state index < -0.39 is 5.25 Å². The van der Waals surface area contributed by atoms with Gasteiger partial charge in [-0.1, -0.05) is 60.7 Å². The number of hydrogen-bond donors (Lipinski definition) is 2. The van der Waals surface area contributed by atoms with Crippen LogP contribution < -0.4 is 11.1 Å². The molecule has 0 aliphatic carbocycles. The number of thiazole rings is 1. The molecule has 4 rings (SSSR count). The van der Waals surface area contributed by atoms with Crippen LogP contribution in [-0.4, -0.2) is 10.9 Å². The topological polar surface area (TPSA) is 68.0 Å². The van der Waals surface area contributed by atoms with E-state index >= 15 is 0 Å². The van der Waals surface area contributed by atoms with Gasteiger partial charge in [0.2, 0.25) is 5.91 Å². The van der Waals surface area contributed by atoms with E-state index in [1.165, 1.54) is 23.1 Å². The summed E-state index contributed by atoms with van der Waals surface area (Å²) in [5.74, 6) is -0.105. The zero-order chi connectivity index (χ0) is 20.1. The molecule has 144 valence electrons. The number of nitrogens with two attached hydrogens (primary N) is 1. The summed E-state index contributed by atoms with van der Waals surface area (Å²) in [5, 5.41) is 5.13. The van der Waals surface area contributed by atoms with E-state index in [0.29, 0.717) is 10.8 Å². The van der Waals surface area contributed by atoms with Crippen LogP contribution in [0.15, 0.2) is 95.2 Å². The minimum Gasteiger partial charge on any atom is -0.399 e. The Morgan fingerprint density at radius 2 is 1.59 bits per heavy atom. The summed E-state index contributed by atoms with van der Waals surface area (Å²) in [5.41, 5.74) is 9.31. The largest absolute Gasteiger partial charge is 0.399 e. The molecule has 1 aromatic heterocycles. The van der Waals surface area contributed by atoms with Crippen LogP contribution in [0.4, 0.5) is 10.8 Å². The highest BCUT2D eigenvalue weighted by molar-refractivity contribution is 8.00. The molecule has 4 nitrogen and oxygen atoms in total. The number of amides is 1. The molecular formula is C23H19N3OS2. The van der Waals surface area contributed by atoms with Gasteiger partial charge < -0.3 is 11.1 Å². The number of hydrogen-bond acceptors (Lipinski definition) is 5. The van der Waals surface area contributed by atoms with Crippen molar-refractivity contribution < 1.29 is 4.79 Å². The highest BCUT2D eigenvalue weighted by Gasteiger charge is 2.23. The average molecular weight is 418 g/mol. The zero-order valence-electron chi connectivity index (χ0n) is 15.5. The predicted molar refractivity (Wildman–Crippen MR) is 122 cm³/mol. The molecule has 0 bridgehead atoms. The van der Waals surface area contributed by atoms with Gasteiger partial charge in [-0.05, 0) is 29.8 Å². The number of anilines is 2. The van der Waals surface area contributed by atoms with Crippen molar-refractivity contribution in [2.24, 2.45) is 0 Å². The fraction of sp³-hybridized carbons (Fsp3) is 0.0435. The third-order valence-corrected chi connectivity index (χ3v) is 6.30. The number of nitrogens with zero attached hydrogens (tertiary/aromatic N) is 1. The van der Waals surface area contributed by atoms with Gasteiger partial charge in [-0.2, -0.15) is 0 Å². The number of rotatable bonds is 6. The molecule has 1 atom stereocenters. The van der Waals surface area contributed by atoms with Crippen molar-refractivity contribution >= 4 is 39.8 Å². The summed E-state index contributed by atoms with van der Waals surface area (Å²) in [7, 11) is 0. The molecule has 1 unspecified atom stereocenters. The lowest BCUT2D eigenvalue weighted by Gasteiger charge is -2.16. The third kappa shape index (κ3) is 4.85. The van der Waals surface area contributed by atoms with Gasteiger partial charge in [-0.3, -0.25) is 4.79 Å². The lowest BCUT2D eigenvalue weighted by molar-refractivity contribution is -0.115. The lowest BCUT2D eigenvalue weighted by Crippen LogP contribution is -2.18. The van der Waals surface area contributed by atoms with E-state index in [1.54, 1.807) is 0 Å². The fourth-order valence-corrected chi connectivity index (χ4v) is 4.57. The van der Waals surface area contributed by atoms with E-state index in [0.717, 1.165) is 21.7 Å². The average Bonchev–Trinajstić information content (AvgIpc) is 3.23. The van der Waals surface area contributed by atoms with Gasteiger partial charge in [0, 0.05) is 21.5 Å². The van der Waals surface area contributed by atoms with Crippen LogP contribution in [0.1, 0.15) is 10.8 Å². The van der Waals surface area contributed by atoms with Crippen molar-refractivity contribution in [3.05, 3.63) is 95.9 Å². The van der Waals surface area contributed by atoms with Gasteiger partial charge in [0.15, 0.2) is 5.13 Å². The van der Waals surface area contributed by atoms with Crippen LogP contribution in [0.3, 0.4) is 0 Å². The summed E-state index contributed by atoms with van der Waals surface area (Å²) in [6.45, 7) is 0. The summed E-state index contributed by atoms with van der Waals surface area (Å²) in [4.78, 5) is 18.7. The standard InChI is InChI=1S/C23H19N3OS2/c24-18-11-13-19(14-12-18)29-21(17-9-5-2-6-10-17)22(27)26-23-25-20(15-28-23)16-7-3-1-4-8-16/h1-15,21H,24H2,(H,25,26,27). The second-order valence-corrected chi connectivity index (χ2v) is 8.41. The van der Waals surface area contributed by atoms with Crippen molar-refractivity contribution in [3.63, 3.8) is 0 Å². The van der Waals surface area contributed by atoms with Crippen molar-refractivity contribution in [2.75, 3.05) is 11.1 Å². The Kier molecular flexibility index (Phi) is 5.93. The van der Waals surface area contributed by atoms with Gasteiger partial charge in [0.25, 0.3) is 0 Å². The van der Waals surface area contributed by atoms with Gasteiger partial charge >= 0.3 is 0 Å². The van der Waals surface area contributed by atoms with Gasteiger partial charge in [0.05, 0.1) is 5.69 Å². The first-order valence-electron chi connectivity index (χ1n) is 9.08. The lowest BCUT2D eigenvalue weighted by atomic mass is 10.1. The smallest absolute Gasteiger partial charge is 0.244 e. The molecule has 0 saturated carbocycles. The minimum atomic E-state index is -0.399. The molecule has 29 heavy (non-hydrogen) atoms. The Balaban J connectivity index is 1.55. The predicted octanol–water partition coefficient (Wildman–Crippen LogP) is 5.86. The van der Waals surface area contributed by atoms with Crippen molar-refractivity contribution in [3.8, 4) is 11.3 Å². The Bertz CT molecular complexity index is 1080. The zero-order valence-corrected chi connectivity index (χ0v) is 17.1. The SMILES string of the molecule is Nc1ccc(SC(C(=O)Nc2nc(-c3ccccc3)cs2)c2ccccc2)cc1. The van der Waals surface area contributed by atoms with Gasteiger partial charge in [0.1, 0.15) is 5.25 Å². The van der Waals surface area contributed by atoms with Crippen LogP contribution in [0.25, 0.3) is 11.3 Å². The first-order valence-corrected chi connectivity index (χ1v) is 10.8. The molecule has 1 heterocycles. The maximum Gasteiger partial charge on any atom is 0.244 e. The van der Waals surface area contributed by atoms with E-state index in [1.807, 2.05) is 90.3 Å². The second kappa shape index (κ2) is 8.94. The van der Waals surface area contributed by atoms with Crippen LogP contribution >= 0.6 is 23.1 Å². The van der Waals surface area contributed by atoms with Gasteiger partial charge in [-0.15, -0.1) is 23.1 Å². The second-order valence-electron chi connectivity index (χ2n) is 6.37. The monoisotopic (exact) mass is 417 g/mol. The Morgan fingerprint density at radius 3 is 2.28 bits per heavy atom. The molecule has 0 aliphatic heterocycles. The maximum absolute atomic E-state index is 13.1. The molecule has 4 aromatic rings. The number of nitrogens with one attached hydrogen (secondary N) is 1. The van der Waals surface area contributed by atoms with Gasteiger partial charge in [-0.25, -0.2) is 4.98 Å². The van der Waals surface area contributed by atoms with Crippen molar-refractivity contribution in [1.82, 2.24) is 4.98 Å². The maximum atomic E-state index is 13.1. The van der Waals surface area contributed by atoms with Crippen molar-refractivity contribution in [1.29, 1.82) is 0 Å². The fourth-order valence-electron chi connectivity index (χ4n) is 2.83. The van der Waals surface area contributed by atoms with E-state index in [2.05, 4.69) is 10.3 Å². The Hall–Kier alpha value is -3.09.